The van der Waals surface area contributed by atoms with Gasteiger partial charge in [-0.2, -0.15) is 0 Å². The topological polar surface area (TPSA) is 38.3 Å². The molecule has 0 aliphatic heterocycles. The van der Waals surface area contributed by atoms with Crippen LogP contribution in [0.15, 0.2) is 18.2 Å². The zero-order valence-electron chi connectivity index (χ0n) is 10.5. The SMILES string of the molecule is CC(C)OC(=O)Nc1cccc2c1CCCC2. The third kappa shape index (κ3) is 2.99. The summed E-state index contributed by atoms with van der Waals surface area (Å²) in [6, 6.07) is 6.09. The number of fused-ring (bicyclic) bond motifs is 1. The molecule has 0 spiro atoms. The Morgan fingerprint density at radius 1 is 1.29 bits per heavy atom. The van der Waals surface area contributed by atoms with E-state index in [9.17, 15) is 4.79 Å². The summed E-state index contributed by atoms with van der Waals surface area (Å²) >= 11 is 0. The van der Waals surface area contributed by atoms with E-state index in [0.29, 0.717) is 0 Å². The van der Waals surface area contributed by atoms with Crippen LogP contribution in [0, 0.1) is 0 Å². The summed E-state index contributed by atoms with van der Waals surface area (Å²) < 4.78 is 5.10. The minimum atomic E-state index is -0.362. The highest BCUT2D eigenvalue weighted by Gasteiger charge is 2.15. The van der Waals surface area contributed by atoms with Crippen LogP contribution in [0.3, 0.4) is 0 Å². The first-order valence-corrected chi connectivity index (χ1v) is 6.25. The molecule has 0 aromatic heterocycles. The quantitative estimate of drug-likeness (QED) is 0.848. The van der Waals surface area contributed by atoms with Crippen LogP contribution in [0.4, 0.5) is 10.5 Å². The van der Waals surface area contributed by atoms with Crippen LogP contribution < -0.4 is 5.32 Å². The highest BCUT2D eigenvalue weighted by Crippen LogP contribution is 2.27. The van der Waals surface area contributed by atoms with E-state index < -0.39 is 0 Å². The molecule has 0 unspecified atom stereocenters. The Hall–Kier alpha value is -1.51. The van der Waals surface area contributed by atoms with Crippen molar-refractivity contribution in [1.29, 1.82) is 0 Å². The Balaban J connectivity index is 2.13. The van der Waals surface area contributed by atoms with E-state index in [1.54, 1.807) is 0 Å². The largest absolute Gasteiger partial charge is 0.447 e. The van der Waals surface area contributed by atoms with Crippen molar-refractivity contribution >= 4 is 11.8 Å². The summed E-state index contributed by atoms with van der Waals surface area (Å²) in [4.78, 5) is 11.6. The Kier molecular flexibility index (Phi) is 3.67. The molecule has 92 valence electrons. The Bertz CT molecular complexity index is 413. The van der Waals surface area contributed by atoms with Crippen LogP contribution in [0.5, 0.6) is 0 Å². The van der Waals surface area contributed by atoms with Crippen LogP contribution in [-0.2, 0) is 17.6 Å². The number of amides is 1. The van der Waals surface area contributed by atoms with Gasteiger partial charge in [-0.15, -0.1) is 0 Å². The molecule has 1 aromatic rings. The third-order valence-corrected chi connectivity index (χ3v) is 2.98. The van der Waals surface area contributed by atoms with E-state index in [1.807, 2.05) is 26.0 Å². The van der Waals surface area contributed by atoms with E-state index in [0.717, 1.165) is 18.5 Å². The minimum absolute atomic E-state index is 0.0884. The third-order valence-electron chi connectivity index (χ3n) is 2.98. The van der Waals surface area contributed by atoms with Gasteiger partial charge in [-0.3, -0.25) is 5.32 Å². The summed E-state index contributed by atoms with van der Waals surface area (Å²) in [6.07, 6.45) is 4.16. The standard InChI is InChI=1S/C14H19NO2/c1-10(2)17-14(16)15-13-9-5-7-11-6-3-4-8-12(11)13/h5,7,9-10H,3-4,6,8H2,1-2H3,(H,15,16). The molecule has 3 nitrogen and oxygen atoms in total. The number of hydrogen-bond donors (Lipinski definition) is 1. The molecule has 1 N–H and O–H groups in total. The Morgan fingerprint density at radius 3 is 2.82 bits per heavy atom. The van der Waals surface area contributed by atoms with Crippen molar-refractivity contribution in [2.75, 3.05) is 5.32 Å². The fourth-order valence-electron chi connectivity index (χ4n) is 2.25. The van der Waals surface area contributed by atoms with Crippen LogP contribution in [-0.4, -0.2) is 12.2 Å². The maximum Gasteiger partial charge on any atom is 0.411 e. The minimum Gasteiger partial charge on any atom is -0.447 e. The summed E-state index contributed by atoms with van der Waals surface area (Å²) in [5, 5.41) is 2.84. The molecule has 0 saturated heterocycles. The average Bonchev–Trinajstić information content (AvgIpc) is 2.28. The Morgan fingerprint density at radius 2 is 2.06 bits per heavy atom. The van der Waals surface area contributed by atoms with Crippen molar-refractivity contribution < 1.29 is 9.53 Å². The van der Waals surface area contributed by atoms with E-state index in [2.05, 4.69) is 11.4 Å². The van der Waals surface area contributed by atoms with Gasteiger partial charge < -0.3 is 4.74 Å². The zero-order valence-corrected chi connectivity index (χ0v) is 10.5. The molecule has 0 atom stereocenters. The zero-order chi connectivity index (χ0) is 12.3. The molecule has 2 rings (SSSR count). The van der Waals surface area contributed by atoms with Crippen LogP contribution in [0.25, 0.3) is 0 Å². The lowest BCUT2D eigenvalue weighted by molar-refractivity contribution is 0.130. The van der Waals surface area contributed by atoms with Gasteiger partial charge in [0.15, 0.2) is 0 Å². The number of aryl methyl sites for hydroxylation is 1. The lowest BCUT2D eigenvalue weighted by Gasteiger charge is -2.19. The molecule has 1 amide bonds. The van der Waals surface area contributed by atoms with Crippen LogP contribution in [0.1, 0.15) is 37.8 Å². The van der Waals surface area contributed by atoms with Gasteiger partial charge in [0.1, 0.15) is 0 Å². The highest BCUT2D eigenvalue weighted by molar-refractivity contribution is 5.86. The molecule has 1 aliphatic rings. The molecule has 3 heteroatoms. The predicted molar refractivity (Wildman–Crippen MR) is 68.3 cm³/mol. The fraction of sp³-hybridized carbons (Fsp3) is 0.500. The normalized spacial score (nSPS) is 14.3. The summed E-state index contributed by atoms with van der Waals surface area (Å²) in [7, 11) is 0. The van der Waals surface area contributed by atoms with E-state index in [4.69, 9.17) is 4.74 Å². The first kappa shape index (κ1) is 12.0. The highest BCUT2D eigenvalue weighted by atomic mass is 16.6. The van der Waals surface area contributed by atoms with Crippen molar-refractivity contribution in [1.82, 2.24) is 0 Å². The smallest absolute Gasteiger partial charge is 0.411 e. The number of anilines is 1. The van der Waals surface area contributed by atoms with Gasteiger partial charge in [-0.1, -0.05) is 12.1 Å². The van der Waals surface area contributed by atoms with Gasteiger partial charge in [-0.25, -0.2) is 4.79 Å². The molecular weight excluding hydrogens is 214 g/mol. The lowest BCUT2D eigenvalue weighted by atomic mass is 9.90. The van der Waals surface area contributed by atoms with Gasteiger partial charge in [0.25, 0.3) is 0 Å². The molecular formula is C14H19NO2. The molecule has 0 fully saturated rings. The van der Waals surface area contributed by atoms with Crippen molar-refractivity contribution in [2.24, 2.45) is 0 Å². The van der Waals surface area contributed by atoms with Crippen LogP contribution in [0.2, 0.25) is 0 Å². The van der Waals surface area contributed by atoms with Gasteiger partial charge in [0.05, 0.1) is 6.10 Å². The lowest BCUT2D eigenvalue weighted by Crippen LogP contribution is -2.19. The molecule has 1 aromatic carbocycles. The average molecular weight is 233 g/mol. The van der Waals surface area contributed by atoms with Crippen molar-refractivity contribution in [3.8, 4) is 0 Å². The maximum absolute atomic E-state index is 11.6. The van der Waals surface area contributed by atoms with Gasteiger partial charge in [-0.05, 0) is 56.7 Å². The number of rotatable bonds is 2. The van der Waals surface area contributed by atoms with E-state index in [-0.39, 0.29) is 12.2 Å². The number of carbonyl (C=O) groups is 1. The summed E-state index contributed by atoms with van der Waals surface area (Å²) in [6.45, 7) is 3.69. The molecule has 1 aliphatic carbocycles. The van der Waals surface area contributed by atoms with Gasteiger partial charge in [0, 0.05) is 5.69 Å². The molecule has 0 bridgehead atoms. The first-order chi connectivity index (χ1) is 8.16. The number of ether oxygens (including phenoxy) is 1. The van der Waals surface area contributed by atoms with Crippen molar-refractivity contribution in [2.45, 2.75) is 45.6 Å². The molecule has 0 heterocycles. The first-order valence-electron chi connectivity index (χ1n) is 6.25. The summed E-state index contributed by atoms with van der Waals surface area (Å²) in [5.74, 6) is 0. The number of benzene rings is 1. The summed E-state index contributed by atoms with van der Waals surface area (Å²) in [5.41, 5.74) is 3.55. The molecule has 0 radical (unpaired) electrons. The van der Waals surface area contributed by atoms with Gasteiger partial charge in [0.2, 0.25) is 0 Å². The molecule has 0 saturated carbocycles. The number of hydrogen-bond acceptors (Lipinski definition) is 2. The second-order valence-electron chi connectivity index (χ2n) is 4.73. The number of carbonyl (C=O) groups excluding carboxylic acids is 1. The van der Waals surface area contributed by atoms with E-state index in [1.165, 1.54) is 24.0 Å². The van der Waals surface area contributed by atoms with Crippen molar-refractivity contribution in [3.63, 3.8) is 0 Å². The number of nitrogens with one attached hydrogen (secondary N) is 1. The monoisotopic (exact) mass is 233 g/mol. The van der Waals surface area contributed by atoms with Crippen LogP contribution >= 0.6 is 0 Å². The van der Waals surface area contributed by atoms with Crippen molar-refractivity contribution in [3.05, 3.63) is 29.3 Å². The second-order valence-corrected chi connectivity index (χ2v) is 4.73. The van der Waals surface area contributed by atoms with Gasteiger partial charge >= 0.3 is 6.09 Å². The molecule has 17 heavy (non-hydrogen) atoms. The second kappa shape index (κ2) is 5.21. The fourth-order valence-corrected chi connectivity index (χ4v) is 2.25. The maximum atomic E-state index is 11.6. The van der Waals surface area contributed by atoms with E-state index >= 15 is 0 Å². The Labute approximate surface area is 102 Å². The predicted octanol–water partition coefficient (Wildman–Crippen LogP) is 3.52.